The molecule has 4 rings (SSSR count). The molecule has 8 heteroatoms. The van der Waals surface area contributed by atoms with Gasteiger partial charge in [0.2, 0.25) is 11.8 Å². The molecule has 0 saturated carbocycles. The molecule has 1 aliphatic rings. The van der Waals surface area contributed by atoms with E-state index in [1.165, 1.54) is 4.31 Å². The van der Waals surface area contributed by atoms with Crippen molar-refractivity contribution in [1.29, 1.82) is 0 Å². The van der Waals surface area contributed by atoms with Gasteiger partial charge >= 0.3 is 0 Å². The third-order valence-corrected chi connectivity index (χ3v) is 8.96. The normalized spacial score (nSPS) is 14.6. The van der Waals surface area contributed by atoms with E-state index < -0.39 is 16.1 Å². The first-order valence-electron chi connectivity index (χ1n) is 13.3. The summed E-state index contributed by atoms with van der Waals surface area (Å²) in [4.78, 5) is 28.7. The Labute approximate surface area is 225 Å². The van der Waals surface area contributed by atoms with Gasteiger partial charge in [0.25, 0.3) is 10.0 Å². The third-order valence-electron chi connectivity index (χ3n) is 7.11. The molecule has 7 nitrogen and oxygen atoms in total. The maximum Gasteiger partial charge on any atom is 0.265 e. The van der Waals surface area contributed by atoms with Crippen LogP contribution in [0.25, 0.3) is 10.8 Å². The van der Waals surface area contributed by atoms with Crippen LogP contribution < -0.4 is 9.62 Å². The summed E-state index contributed by atoms with van der Waals surface area (Å²) in [7, 11) is -3.68. The first kappa shape index (κ1) is 27.6. The van der Waals surface area contributed by atoms with Gasteiger partial charge in [0.15, 0.2) is 0 Å². The molecule has 1 N–H and O–H groups in total. The number of hydrogen-bond acceptors (Lipinski definition) is 4. The third kappa shape index (κ3) is 5.55. The fourth-order valence-electron chi connectivity index (χ4n) is 5.03. The van der Waals surface area contributed by atoms with Crippen LogP contribution in [0.15, 0.2) is 65.6 Å². The summed E-state index contributed by atoms with van der Waals surface area (Å²) in [6.07, 6.45) is 0.967. The lowest BCUT2D eigenvalue weighted by Gasteiger charge is -2.31. The van der Waals surface area contributed by atoms with Crippen molar-refractivity contribution in [2.45, 2.75) is 64.4 Å². The summed E-state index contributed by atoms with van der Waals surface area (Å²) in [5, 5.41) is 4.59. The molecule has 38 heavy (non-hydrogen) atoms. The van der Waals surface area contributed by atoms with Crippen molar-refractivity contribution in [3.8, 4) is 0 Å². The minimum absolute atomic E-state index is 0.137. The second-order valence-corrected chi connectivity index (χ2v) is 12.2. The van der Waals surface area contributed by atoms with Gasteiger partial charge in [0.1, 0.15) is 6.04 Å². The number of amides is 2. The van der Waals surface area contributed by atoms with E-state index in [0.29, 0.717) is 42.4 Å². The molecule has 1 atom stereocenters. The molecule has 3 aromatic rings. The lowest BCUT2D eigenvalue weighted by molar-refractivity contribution is -0.141. The van der Waals surface area contributed by atoms with E-state index in [1.54, 1.807) is 17.0 Å². The molecule has 0 bridgehead atoms. The molecule has 202 valence electrons. The summed E-state index contributed by atoms with van der Waals surface area (Å²) in [5.41, 5.74) is 2.69. The van der Waals surface area contributed by atoms with E-state index in [4.69, 9.17) is 0 Å². The molecule has 2 amide bonds. The lowest BCUT2D eigenvalue weighted by Crippen LogP contribution is -2.49. The SMILES string of the molecule is CCC(C(=O)NCC(C)C)N(Cc1ccccc1C)C(=O)CCCN1c2cccc3cccc(c23)S1(=O)=O. The van der Waals surface area contributed by atoms with E-state index >= 15 is 0 Å². The van der Waals surface area contributed by atoms with Crippen LogP contribution >= 0.6 is 0 Å². The average molecular weight is 536 g/mol. The molecule has 0 aromatic heterocycles. The van der Waals surface area contributed by atoms with Crippen LogP contribution in [-0.4, -0.2) is 44.3 Å². The molecular weight excluding hydrogens is 498 g/mol. The minimum Gasteiger partial charge on any atom is -0.354 e. The summed E-state index contributed by atoms with van der Waals surface area (Å²) in [6, 6.07) is 18.1. The first-order valence-corrected chi connectivity index (χ1v) is 14.7. The summed E-state index contributed by atoms with van der Waals surface area (Å²) < 4.78 is 28.0. The van der Waals surface area contributed by atoms with E-state index in [0.717, 1.165) is 21.9 Å². The van der Waals surface area contributed by atoms with Gasteiger partial charge in [-0.3, -0.25) is 13.9 Å². The van der Waals surface area contributed by atoms with E-state index in [2.05, 4.69) is 5.32 Å². The van der Waals surface area contributed by atoms with Gasteiger partial charge in [-0.15, -0.1) is 0 Å². The maximum atomic E-state index is 13.6. The monoisotopic (exact) mass is 535 g/mol. The molecule has 1 unspecified atom stereocenters. The van der Waals surface area contributed by atoms with Crippen LogP contribution in [0.4, 0.5) is 5.69 Å². The number of carbonyl (C=O) groups is 2. The Bertz CT molecular complexity index is 1430. The Morgan fingerprint density at radius 1 is 1.00 bits per heavy atom. The van der Waals surface area contributed by atoms with Gasteiger partial charge < -0.3 is 10.2 Å². The highest BCUT2D eigenvalue weighted by Crippen LogP contribution is 2.42. The van der Waals surface area contributed by atoms with Crippen LogP contribution in [0.3, 0.4) is 0 Å². The zero-order valence-electron chi connectivity index (χ0n) is 22.6. The van der Waals surface area contributed by atoms with Crippen LogP contribution in [0, 0.1) is 12.8 Å². The molecule has 0 fully saturated rings. The standard InChI is InChI=1S/C30H37N3O4S/c1-5-25(30(35)31-19-21(2)3)32(20-24-12-7-6-11-22(24)4)28(34)17-10-18-33-26-15-8-13-23-14-9-16-27(29(23)26)38(33,36)37/h6-9,11-16,21,25H,5,10,17-20H2,1-4H3,(H,31,35). The predicted octanol–water partition coefficient (Wildman–Crippen LogP) is 5.02. The molecule has 0 spiro atoms. The smallest absolute Gasteiger partial charge is 0.265 e. The second-order valence-electron chi connectivity index (χ2n) is 10.3. The number of rotatable bonds is 11. The number of nitrogens with zero attached hydrogens (tertiary/aromatic N) is 2. The van der Waals surface area contributed by atoms with Crippen LogP contribution in [0.2, 0.25) is 0 Å². The number of anilines is 1. The van der Waals surface area contributed by atoms with Crippen LogP contribution in [-0.2, 0) is 26.2 Å². The molecule has 1 aliphatic heterocycles. The van der Waals surface area contributed by atoms with Gasteiger partial charge in [-0.1, -0.05) is 69.3 Å². The van der Waals surface area contributed by atoms with E-state index in [1.807, 2.05) is 76.2 Å². The first-order chi connectivity index (χ1) is 18.1. The highest BCUT2D eigenvalue weighted by Gasteiger charge is 2.35. The van der Waals surface area contributed by atoms with Gasteiger partial charge in [0, 0.05) is 31.4 Å². The Kier molecular flexibility index (Phi) is 8.41. The van der Waals surface area contributed by atoms with Gasteiger partial charge in [-0.2, -0.15) is 0 Å². The number of carbonyl (C=O) groups excluding carboxylic acids is 2. The van der Waals surface area contributed by atoms with Crippen LogP contribution in [0.1, 0.15) is 51.2 Å². The van der Waals surface area contributed by atoms with Crippen molar-refractivity contribution in [3.05, 3.63) is 71.8 Å². The number of sulfonamides is 1. The molecular formula is C30H37N3O4S. The molecule has 0 aliphatic carbocycles. The van der Waals surface area contributed by atoms with Crippen molar-refractivity contribution < 1.29 is 18.0 Å². The van der Waals surface area contributed by atoms with Gasteiger partial charge in [-0.05, 0) is 54.3 Å². The van der Waals surface area contributed by atoms with Crippen molar-refractivity contribution >= 4 is 38.3 Å². The largest absolute Gasteiger partial charge is 0.354 e. The molecule has 1 heterocycles. The van der Waals surface area contributed by atoms with Crippen molar-refractivity contribution in [3.63, 3.8) is 0 Å². The highest BCUT2D eigenvalue weighted by atomic mass is 32.2. The van der Waals surface area contributed by atoms with E-state index in [-0.39, 0.29) is 24.8 Å². The Morgan fingerprint density at radius 2 is 1.71 bits per heavy atom. The predicted molar refractivity (Wildman–Crippen MR) is 151 cm³/mol. The van der Waals surface area contributed by atoms with Crippen LogP contribution in [0.5, 0.6) is 0 Å². The molecule has 0 radical (unpaired) electrons. The topological polar surface area (TPSA) is 86.8 Å². The lowest BCUT2D eigenvalue weighted by atomic mass is 10.0. The Morgan fingerprint density at radius 3 is 2.39 bits per heavy atom. The summed E-state index contributed by atoms with van der Waals surface area (Å²) >= 11 is 0. The fourth-order valence-corrected chi connectivity index (χ4v) is 6.78. The van der Waals surface area contributed by atoms with Crippen molar-refractivity contribution in [1.82, 2.24) is 10.2 Å². The number of aryl methyl sites for hydroxylation is 1. The minimum atomic E-state index is -3.68. The molecule has 3 aromatic carbocycles. The maximum absolute atomic E-state index is 13.6. The average Bonchev–Trinajstić information content (AvgIpc) is 3.11. The second kappa shape index (κ2) is 11.6. The summed E-state index contributed by atoms with van der Waals surface area (Å²) in [6.45, 7) is 9.02. The Hall–Kier alpha value is -3.39. The zero-order chi connectivity index (χ0) is 27.4. The van der Waals surface area contributed by atoms with E-state index in [9.17, 15) is 18.0 Å². The highest BCUT2D eigenvalue weighted by molar-refractivity contribution is 7.93. The van der Waals surface area contributed by atoms with Crippen molar-refractivity contribution in [2.75, 3.05) is 17.4 Å². The number of nitrogens with one attached hydrogen (secondary N) is 1. The van der Waals surface area contributed by atoms with Crippen molar-refractivity contribution in [2.24, 2.45) is 5.92 Å². The van der Waals surface area contributed by atoms with Gasteiger partial charge in [0.05, 0.1) is 10.6 Å². The van der Waals surface area contributed by atoms with Gasteiger partial charge in [-0.25, -0.2) is 8.42 Å². The number of hydrogen-bond donors (Lipinski definition) is 1. The number of benzene rings is 3. The zero-order valence-corrected chi connectivity index (χ0v) is 23.4. The fraction of sp³-hybridized carbons (Fsp3) is 0.400. The Balaban J connectivity index is 1.52. The quantitative estimate of drug-likeness (QED) is 0.374. The summed E-state index contributed by atoms with van der Waals surface area (Å²) in [5.74, 6) is -0.0209. The molecule has 0 saturated heterocycles.